The fourth-order valence-electron chi connectivity index (χ4n) is 3.21. The predicted molar refractivity (Wildman–Crippen MR) is 106 cm³/mol. The van der Waals surface area contributed by atoms with Crippen LogP contribution in [0.15, 0.2) is 21.8 Å². The Morgan fingerprint density at radius 2 is 1.92 bits per heavy atom. The molecular weight excluding hydrogens is 435 g/mol. The van der Waals surface area contributed by atoms with E-state index in [1.807, 2.05) is 11.0 Å². The minimum atomic E-state index is 0. The number of hydrogen-bond donors (Lipinski definition) is 1. The lowest BCUT2D eigenvalue weighted by Crippen LogP contribution is -2.54. The molecule has 0 bridgehead atoms. The van der Waals surface area contributed by atoms with E-state index in [2.05, 4.69) is 25.3 Å². The molecule has 9 heteroatoms. The Labute approximate surface area is 165 Å². The molecule has 0 aromatic carbocycles. The van der Waals surface area contributed by atoms with E-state index in [0.717, 1.165) is 63.8 Å². The van der Waals surface area contributed by atoms with E-state index in [9.17, 15) is 4.79 Å². The number of halogens is 1. The summed E-state index contributed by atoms with van der Waals surface area (Å²) in [7, 11) is 1.79. The third kappa shape index (κ3) is 5.56. The maximum atomic E-state index is 12.2. The highest BCUT2D eigenvalue weighted by Crippen LogP contribution is 2.09. The van der Waals surface area contributed by atoms with Gasteiger partial charge < -0.3 is 19.6 Å². The van der Waals surface area contributed by atoms with Crippen LogP contribution in [0.2, 0.25) is 0 Å². The van der Waals surface area contributed by atoms with Crippen molar-refractivity contribution in [3.05, 3.63) is 18.0 Å². The van der Waals surface area contributed by atoms with Crippen LogP contribution in [0.1, 0.15) is 18.5 Å². The summed E-state index contributed by atoms with van der Waals surface area (Å²) in [5, 5.41) is 7.19. The summed E-state index contributed by atoms with van der Waals surface area (Å²) in [4.78, 5) is 23.0. The Hall–Kier alpha value is -1.36. The molecule has 0 saturated carbocycles. The normalized spacial score (nSPS) is 19.0. The molecule has 3 rings (SSSR count). The van der Waals surface area contributed by atoms with Crippen molar-refractivity contribution in [3.63, 3.8) is 0 Å². The van der Waals surface area contributed by atoms with Gasteiger partial charge in [-0.1, -0.05) is 5.16 Å². The fourth-order valence-corrected chi connectivity index (χ4v) is 3.21. The SMILES string of the molecule is CN=C(NCc1ccon1)N1CCN(CC(=O)N2CCCC2)CC1.I. The van der Waals surface area contributed by atoms with Gasteiger partial charge in [-0.05, 0) is 12.8 Å². The lowest BCUT2D eigenvalue weighted by molar-refractivity contribution is -0.131. The summed E-state index contributed by atoms with van der Waals surface area (Å²) in [6.07, 6.45) is 3.86. The second-order valence-electron chi connectivity index (χ2n) is 6.24. The molecule has 0 atom stereocenters. The standard InChI is InChI=1S/C16H26N6O2.HI/c1-17-16(18-12-14-4-11-24-19-14)22-9-7-20(8-10-22)13-15(23)21-5-2-3-6-21;/h4,11H,2-3,5-10,12-13H2,1H3,(H,17,18);1H. The van der Waals surface area contributed by atoms with E-state index >= 15 is 0 Å². The zero-order chi connectivity index (χ0) is 16.8. The van der Waals surface area contributed by atoms with E-state index in [1.165, 1.54) is 0 Å². The molecule has 2 aliphatic rings. The largest absolute Gasteiger partial charge is 0.364 e. The average molecular weight is 462 g/mol. The molecule has 0 spiro atoms. The summed E-state index contributed by atoms with van der Waals surface area (Å²) in [5.74, 6) is 1.14. The zero-order valence-electron chi connectivity index (χ0n) is 14.7. The van der Waals surface area contributed by atoms with E-state index in [4.69, 9.17) is 4.52 Å². The highest BCUT2D eigenvalue weighted by Gasteiger charge is 2.24. The molecule has 8 nitrogen and oxygen atoms in total. The number of amides is 1. The minimum Gasteiger partial charge on any atom is -0.364 e. The number of aromatic nitrogens is 1. The first-order chi connectivity index (χ1) is 11.8. The predicted octanol–water partition coefficient (Wildman–Crippen LogP) is 0.608. The van der Waals surface area contributed by atoms with Crippen LogP contribution in [0.25, 0.3) is 0 Å². The third-order valence-electron chi connectivity index (χ3n) is 4.62. The first-order valence-corrected chi connectivity index (χ1v) is 8.61. The number of nitrogens with zero attached hydrogens (tertiary/aromatic N) is 5. The Kier molecular flexibility index (Phi) is 7.94. The van der Waals surface area contributed by atoms with Gasteiger partial charge in [0.1, 0.15) is 12.0 Å². The maximum Gasteiger partial charge on any atom is 0.236 e. The second-order valence-corrected chi connectivity index (χ2v) is 6.24. The van der Waals surface area contributed by atoms with Crippen LogP contribution in [-0.2, 0) is 11.3 Å². The molecule has 0 aliphatic carbocycles. The maximum absolute atomic E-state index is 12.2. The second kappa shape index (κ2) is 9.95. The lowest BCUT2D eigenvalue weighted by Gasteiger charge is -2.36. The van der Waals surface area contributed by atoms with E-state index in [1.54, 1.807) is 13.3 Å². The van der Waals surface area contributed by atoms with Crippen molar-refractivity contribution in [1.29, 1.82) is 0 Å². The highest BCUT2D eigenvalue weighted by molar-refractivity contribution is 14.0. The molecule has 1 aromatic heterocycles. The molecule has 140 valence electrons. The van der Waals surface area contributed by atoms with E-state index < -0.39 is 0 Å². The Balaban J connectivity index is 0.00000225. The number of guanidine groups is 1. The van der Waals surface area contributed by atoms with Gasteiger partial charge in [-0.2, -0.15) is 0 Å². The Morgan fingerprint density at radius 3 is 2.52 bits per heavy atom. The number of carbonyl (C=O) groups is 1. The van der Waals surface area contributed by atoms with Crippen molar-refractivity contribution < 1.29 is 9.32 Å². The van der Waals surface area contributed by atoms with Gasteiger partial charge in [-0.3, -0.25) is 14.7 Å². The molecule has 1 aromatic rings. The van der Waals surface area contributed by atoms with Crippen molar-refractivity contribution in [3.8, 4) is 0 Å². The van der Waals surface area contributed by atoms with Gasteiger partial charge in [0.2, 0.25) is 5.91 Å². The van der Waals surface area contributed by atoms with Crippen LogP contribution < -0.4 is 5.32 Å². The van der Waals surface area contributed by atoms with Crippen molar-refractivity contribution >= 4 is 35.8 Å². The zero-order valence-corrected chi connectivity index (χ0v) is 17.0. The van der Waals surface area contributed by atoms with Gasteiger partial charge in [-0.15, -0.1) is 24.0 Å². The number of carbonyl (C=O) groups excluding carboxylic acids is 1. The summed E-state index contributed by atoms with van der Waals surface area (Å²) in [6.45, 7) is 6.48. The van der Waals surface area contributed by atoms with Crippen molar-refractivity contribution in [2.75, 3.05) is 52.9 Å². The van der Waals surface area contributed by atoms with Gasteiger partial charge in [-0.25, -0.2) is 0 Å². The van der Waals surface area contributed by atoms with Gasteiger partial charge in [0.25, 0.3) is 0 Å². The minimum absolute atomic E-state index is 0. The summed E-state index contributed by atoms with van der Waals surface area (Å²) >= 11 is 0. The highest BCUT2D eigenvalue weighted by atomic mass is 127. The van der Waals surface area contributed by atoms with Crippen molar-refractivity contribution in [1.82, 2.24) is 25.2 Å². The van der Waals surface area contributed by atoms with Crippen molar-refractivity contribution in [2.45, 2.75) is 19.4 Å². The first-order valence-electron chi connectivity index (χ1n) is 8.61. The molecule has 25 heavy (non-hydrogen) atoms. The monoisotopic (exact) mass is 462 g/mol. The summed E-state index contributed by atoms with van der Waals surface area (Å²) < 4.78 is 4.83. The van der Waals surface area contributed by atoms with Crippen LogP contribution in [0, 0.1) is 0 Å². The number of rotatable bonds is 4. The van der Waals surface area contributed by atoms with E-state index in [-0.39, 0.29) is 29.9 Å². The number of hydrogen-bond acceptors (Lipinski definition) is 5. The smallest absolute Gasteiger partial charge is 0.236 e. The first kappa shape index (κ1) is 20.0. The fraction of sp³-hybridized carbons (Fsp3) is 0.688. The van der Waals surface area contributed by atoms with E-state index in [0.29, 0.717) is 13.1 Å². The van der Waals surface area contributed by atoms with Crippen LogP contribution in [0.3, 0.4) is 0 Å². The molecular formula is C16H27IN6O2. The molecule has 3 heterocycles. The summed E-state index contributed by atoms with van der Waals surface area (Å²) in [5.41, 5.74) is 0.853. The van der Waals surface area contributed by atoms with Crippen LogP contribution in [0.5, 0.6) is 0 Å². The van der Waals surface area contributed by atoms with Crippen LogP contribution in [0.4, 0.5) is 0 Å². The number of piperazine rings is 1. The number of nitrogens with one attached hydrogen (secondary N) is 1. The molecule has 0 radical (unpaired) electrons. The average Bonchev–Trinajstić information content (AvgIpc) is 3.30. The Morgan fingerprint density at radius 1 is 1.20 bits per heavy atom. The number of likely N-dealkylation sites (tertiary alicyclic amines) is 1. The molecule has 1 amide bonds. The quantitative estimate of drug-likeness (QED) is 0.402. The van der Waals surface area contributed by atoms with Gasteiger partial charge in [0, 0.05) is 52.4 Å². The number of aliphatic imine (C=N–C) groups is 1. The molecule has 2 fully saturated rings. The van der Waals surface area contributed by atoms with Gasteiger partial charge in [0.15, 0.2) is 5.96 Å². The van der Waals surface area contributed by atoms with Crippen molar-refractivity contribution in [2.24, 2.45) is 4.99 Å². The molecule has 0 unspecified atom stereocenters. The summed E-state index contributed by atoms with van der Waals surface area (Å²) in [6, 6.07) is 1.84. The van der Waals surface area contributed by atoms with Gasteiger partial charge in [0.05, 0.1) is 13.1 Å². The Bertz CT molecular complexity index is 551. The topological polar surface area (TPSA) is 77.2 Å². The van der Waals surface area contributed by atoms with Crippen LogP contribution in [-0.4, -0.2) is 84.6 Å². The van der Waals surface area contributed by atoms with Gasteiger partial charge >= 0.3 is 0 Å². The van der Waals surface area contributed by atoms with Crippen LogP contribution >= 0.6 is 24.0 Å². The lowest BCUT2D eigenvalue weighted by atomic mass is 10.3. The third-order valence-corrected chi connectivity index (χ3v) is 4.62. The molecule has 2 saturated heterocycles. The molecule has 2 aliphatic heterocycles. The molecule has 1 N–H and O–H groups in total.